The van der Waals surface area contributed by atoms with Crippen LogP contribution in [0.1, 0.15) is 22.1 Å². The molecule has 0 fully saturated rings. The van der Waals surface area contributed by atoms with Crippen LogP contribution in [0, 0.1) is 0 Å². The van der Waals surface area contributed by atoms with Gasteiger partial charge in [-0.1, -0.05) is 66.7 Å². The second-order valence-corrected chi connectivity index (χ2v) is 12.3. The van der Waals surface area contributed by atoms with Crippen molar-refractivity contribution in [3.63, 3.8) is 0 Å². The van der Waals surface area contributed by atoms with Gasteiger partial charge in [-0.15, -0.1) is 23.1 Å². The SMILES string of the molecule is O=c1oc2ccc3ccccc3c2cc1C1=CCC(c2ccc(-c3cc4c(ccc5ccccc54)oc3=O)s2)S1. The Morgan fingerprint density at radius 3 is 1.90 bits per heavy atom. The molecule has 4 heterocycles. The summed E-state index contributed by atoms with van der Waals surface area (Å²) in [6, 6.07) is 31.9. The van der Waals surface area contributed by atoms with Crippen molar-refractivity contribution in [2.45, 2.75) is 11.7 Å². The molecule has 3 aromatic heterocycles. The first-order valence-corrected chi connectivity index (χ1v) is 14.7. The molecule has 4 nitrogen and oxygen atoms in total. The Bertz CT molecular complexity index is 2290. The summed E-state index contributed by atoms with van der Waals surface area (Å²) in [6.07, 6.45) is 2.92. The highest BCUT2D eigenvalue weighted by Crippen LogP contribution is 2.50. The van der Waals surface area contributed by atoms with Crippen molar-refractivity contribution in [3.8, 4) is 10.4 Å². The van der Waals surface area contributed by atoms with E-state index in [4.69, 9.17) is 8.83 Å². The number of fused-ring (bicyclic) bond motifs is 6. The summed E-state index contributed by atoms with van der Waals surface area (Å²) < 4.78 is 11.5. The van der Waals surface area contributed by atoms with E-state index in [0.717, 1.165) is 53.4 Å². The van der Waals surface area contributed by atoms with Crippen molar-refractivity contribution in [2.75, 3.05) is 0 Å². The van der Waals surface area contributed by atoms with Crippen LogP contribution in [0.15, 0.2) is 122 Å². The molecule has 8 rings (SSSR count). The number of hydrogen-bond acceptors (Lipinski definition) is 6. The van der Waals surface area contributed by atoms with E-state index in [-0.39, 0.29) is 16.5 Å². The number of thioether (sulfide) groups is 1. The molecule has 1 aliphatic heterocycles. The smallest absolute Gasteiger partial charge is 0.345 e. The molecule has 0 spiro atoms. The molecule has 1 aliphatic rings. The third-order valence-electron chi connectivity index (χ3n) is 7.55. The predicted molar refractivity (Wildman–Crippen MR) is 166 cm³/mol. The molecule has 1 atom stereocenters. The largest absolute Gasteiger partial charge is 0.422 e. The van der Waals surface area contributed by atoms with Gasteiger partial charge in [-0.05, 0) is 64.4 Å². The van der Waals surface area contributed by atoms with Crippen LogP contribution in [0.25, 0.3) is 58.8 Å². The van der Waals surface area contributed by atoms with E-state index in [9.17, 15) is 9.59 Å². The number of rotatable bonds is 3. The van der Waals surface area contributed by atoms with Crippen LogP contribution in [0.2, 0.25) is 0 Å². The molecule has 0 amide bonds. The average molecular weight is 557 g/mol. The zero-order valence-electron chi connectivity index (χ0n) is 21.0. The average Bonchev–Trinajstić information content (AvgIpc) is 3.67. The molecule has 0 saturated carbocycles. The van der Waals surface area contributed by atoms with Crippen molar-refractivity contribution in [2.24, 2.45) is 0 Å². The third-order valence-corrected chi connectivity index (χ3v) is 10.3. The Morgan fingerprint density at radius 2 is 1.23 bits per heavy atom. The maximum absolute atomic E-state index is 13.0. The van der Waals surface area contributed by atoms with E-state index < -0.39 is 0 Å². The first kappa shape index (κ1) is 23.5. The highest BCUT2D eigenvalue weighted by Gasteiger charge is 2.25. The Balaban J connectivity index is 1.13. The summed E-state index contributed by atoms with van der Waals surface area (Å²) in [5.74, 6) is 0. The van der Waals surface area contributed by atoms with Gasteiger partial charge >= 0.3 is 11.3 Å². The van der Waals surface area contributed by atoms with Gasteiger partial charge in [-0.3, -0.25) is 0 Å². The van der Waals surface area contributed by atoms with Crippen molar-refractivity contribution >= 4 is 71.5 Å². The maximum Gasteiger partial charge on any atom is 0.345 e. The maximum atomic E-state index is 13.0. The van der Waals surface area contributed by atoms with E-state index >= 15 is 0 Å². The Hall–Kier alpha value is -4.39. The van der Waals surface area contributed by atoms with Gasteiger partial charge in [0, 0.05) is 30.7 Å². The fraction of sp³-hybridized carbons (Fsp3) is 0.0588. The van der Waals surface area contributed by atoms with Crippen molar-refractivity contribution in [3.05, 3.63) is 134 Å². The lowest BCUT2D eigenvalue weighted by Gasteiger charge is -2.09. The number of allylic oxidation sites excluding steroid dienone is 1. The second-order valence-electron chi connectivity index (χ2n) is 9.90. The molecular formula is C34H20O4S2. The van der Waals surface area contributed by atoms with E-state index in [2.05, 4.69) is 36.4 Å². The molecule has 192 valence electrons. The summed E-state index contributed by atoms with van der Waals surface area (Å²) in [5, 5.41) is 6.36. The zero-order valence-corrected chi connectivity index (χ0v) is 22.7. The lowest BCUT2D eigenvalue weighted by molar-refractivity contribution is 0.559. The van der Waals surface area contributed by atoms with Crippen LogP contribution in [-0.2, 0) is 0 Å². The molecule has 0 N–H and O–H groups in total. The molecule has 1 unspecified atom stereocenters. The molecule has 0 aliphatic carbocycles. The molecule has 4 aromatic carbocycles. The van der Waals surface area contributed by atoms with Crippen LogP contribution in [0.4, 0.5) is 0 Å². The van der Waals surface area contributed by atoms with Gasteiger partial charge in [0.2, 0.25) is 0 Å². The second kappa shape index (κ2) is 9.08. The summed E-state index contributed by atoms with van der Waals surface area (Å²) in [7, 11) is 0. The number of hydrogen-bond donors (Lipinski definition) is 0. The topological polar surface area (TPSA) is 60.4 Å². The van der Waals surface area contributed by atoms with E-state index in [1.165, 1.54) is 0 Å². The third kappa shape index (κ3) is 3.75. The van der Waals surface area contributed by atoms with Crippen LogP contribution >= 0.6 is 23.1 Å². The molecule has 40 heavy (non-hydrogen) atoms. The first-order chi connectivity index (χ1) is 19.6. The van der Waals surface area contributed by atoms with Crippen LogP contribution in [0.5, 0.6) is 0 Å². The molecule has 0 saturated heterocycles. The van der Waals surface area contributed by atoms with E-state index in [1.807, 2.05) is 66.7 Å². The lowest BCUT2D eigenvalue weighted by Crippen LogP contribution is -2.04. The van der Waals surface area contributed by atoms with Gasteiger partial charge in [-0.2, -0.15) is 0 Å². The Morgan fingerprint density at radius 1 is 0.625 bits per heavy atom. The van der Waals surface area contributed by atoms with Crippen molar-refractivity contribution in [1.82, 2.24) is 0 Å². The first-order valence-electron chi connectivity index (χ1n) is 13.0. The summed E-state index contributed by atoms with van der Waals surface area (Å²) in [6.45, 7) is 0. The summed E-state index contributed by atoms with van der Waals surface area (Å²) >= 11 is 3.27. The zero-order chi connectivity index (χ0) is 26.8. The summed E-state index contributed by atoms with van der Waals surface area (Å²) in [4.78, 5) is 28.9. The minimum Gasteiger partial charge on any atom is -0.422 e. The van der Waals surface area contributed by atoms with Crippen LogP contribution in [-0.4, -0.2) is 0 Å². The van der Waals surface area contributed by atoms with Crippen LogP contribution in [0.3, 0.4) is 0 Å². The molecule has 6 heteroatoms. The van der Waals surface area contributed by atoms with Crippen molar-refractivity contribution in [1.29, 1.82) is 0 Å². The van der Waals surface area contributed by atoms with Crippen LogP contribution < -0.4 is 11.3 Å². The van der Waals surface area contributed by atoms with Gasteiger partial charge < -0.3 is 8.83 Å². The fourth-order valence-corrected chi connectivity index (χ4v) is 8.02. The Labute approximate surface area is 236 Å². The van der Waals surface area contributed by atoms with E-state index in [1.54, 1.807) is 23.1 Å². The molecule has 0 radical (unpaired) electrons. The van der Waals surface area contributed by atoms with Gasteiger partial charge in [0.25, 0.3) is 0 Å². The molecule has 7 aromatic rings. The monoisotopic (exact) mass is 556 g/mol. The van der Waals surface area contributed by atoms with Gasteiger partial charge in [0.05, 0.1) is 11.1 Å². The standard InChI is InChI=1S/C34H20O4S2/c35-33-25(17-23-21-7-3-1-5-19(21)9-11-27(23)37-33)29-13-15-31(39-29)32-16-14-30(40-32)26-18-24-22-8-4-2-6-20(22)10-12-28(24)38-34(26)36/h1-15,17-18,32H,16H2. The fourth-order valence-electron chi connectivity index (χ4n) is 5.57. The highest BCUT2D eigenvalue weighted by atomic mass is 32.2. The lowest BCUT2D eigenvalue weighted by atomic mass is 10.0. The Kier molecular flexibility index (Phi) is 5.33. The predicted octanol–water partition coefficient (Wildman–Crippen LogP) is 9.15. The number of benzene rings is 4. The highest BCUT2D eigenvalue weighted by molar-refractivity contribution is 8.08. The minimum atomic E-state index is -0.338. The number of thiophene rings is 1. The molecular weight excluding hydrogens is 537 g/mol. The quantitative estimate of drug-likeness (QED) is 0.160. The summed E-state index contributed by atoms with van der Waals surface area (Å²) in [5.41, 5.74) is 1.68. The molecule has 0 bridgehead atoms. The van der Waals surface area contributed by atoms with E-state index in [0.29, 0.717) is 22.3 Å². The van der Waals surface area contributed by atoms with Gasteiger partial charge in [0.1, 0.15) is 11.2 Å². The van der Waals surface area contributed by atoms with Crippen molar-refractivity contribution < 1.29 is 8.83 Å². The van der Waals surface area contributed by atoms with Gasteiger partial charge in [-0.25, -0.2) is 9.59 Å². The minimum absolute atomic E-state index is 0.157. The van der Waals surface area contributed by atoms with Gasteiger partial charge in [0.15, 0.2) is 0 Å². The normalized spacial score (nSPS) is 15.4.